The second kappa shape index (κ2) is 19.0. The number of aromatic nitrogens is 4. The topological polar surface area (TPSA) is 35.9 Å². The second-order valence-electron chi connectivity index (χ2n) is 19.0. The molecule has 5 nitrogen and oxygen atoms in total. The van der Waals surface area contributed by atoms with Gasteiger partial charge in [0.05, 0.1) is 23.6 Å². The molecule has 72 heavy (non-hydrogen) atoms. The number of rotatable bonds is 10. The molecule has 0 aliphatic rings. The van der Waals surface area contributed by atoms with Crippen LogP contribution in [0.4, 0.5) is 0 Å². The zero-order valence-corrected chi connectivity index (χ0v) is 43.3. The molecule has 3 aromatic heterocycles. The van der Waals surface area contributed by atoms with Gasteiger partial charge in [0.15, 0.2) is 0 Å². The quantitative estimate of drug-likeness (QED) is 0.0592. The van der Waals surface area contributed by atoms with Crippen LogP contribution in [0.15, 0.2) is 231 Å². The van der Waals surface area contributed by atoms with Crippen LogP contribution in [0.25, 0.3) is 72.3 Å². The number of fused-ring (bicyclic) bond motifs is 4. The van der Waals surface area contributed by atoms with Gasteiger partial charge in [-0.15, -0.1) is 29.7 Å². The summed E-state index contributed by atoms with van der Waals surface area (Å²) in [5.41, 5.74) is 8.00. The summed E-state index contributed by atoms with van der Waals surface area (Å²) in [6, 6.07) is 71.3. The van der Waals surface area contributed by atoms with Gasteiger partial charge >= 0.3 is 0 Å². The fourth-order valence-electron chi connectivity index (χ4n) is 9.97. The van der Waals surface area contributed by atoms with Gasteiger partial charge in [0.25, 0.3) is 6.33 Å². The SMILES string of the molecule is [2H]c1c([2H])c([2H])c(-c2cccc(-c3cccc([Si](C)(c4ccccc4)c4ccccc4)c3)c2-[n+]2[c-]n(-c3[c-]c(Oc4[c-]c5c(cc4)c4ccccc4n5-c4cc(C(C)(C)C)ccn4)ccc3)c3ccccc32)c([2H])c1[2H].[Pt]. The molecule has 0 aliphatic carbocycles. The number of nitrogens with zero attached hydrogens (tertiary/aromatic N) is 4. The first-order valence-electron chi connectivity index (χ1n) is 26.3. The van der Waals surface area contributed by atoms with Crippen LogP contribution in [0, 0.1) is 18.5 Å². The molecule has 352 valence electrons. The fourth-order valence-corrected chi connectivity index (χ4v) is 13.6. The Morgan fingerprint density at radius 3 is 1.97 bits per heavy atom. The van der Waals surface area contributed by atoms with Gasteiger partial charge in [-0.25, -0.2) is 4.98 Å². The average Bonchev–Trinajstić information content (AvgIpc) is 4.04. The van der Waals surface area contributed by atoms with Crippen LogP contribution in [-0.2, 0) is 26.5 Å². The molecule has 0 unspecified atom stereocenters. The van der Waals surface area contributed by atoms with E-state index in [-0.39, 0.29) is 44.1 Å². The van der Waals surface area contributed by atoms with Crippen molar-refractivity contribution < 1.29 is 37.2 Å². The molecule has 0 fully saturated rings. The number of para-hydroxylation sites is 4. The molecule has 0 saturated carbocycles. The van der Waals surface area contributed by atoms with Crippen molar-refractivity contribution in [3.8, 4) is 50.9 Å². The smallest absolute Gasteiger partial charge is 0.268 e. The predicted octanol–water partition coefficient (Wildman–Crippen LogP) is 13.3. The van der Waals surface area contributed by atoms with Crippen molar-refractivity contribution in [2.75, 3.05) is 0 Å². The molecule has 3 heterocycles. The van der Waals surface area contributed by atoms with E-state index < -0.39 is 26.2 Å². The number of imidazole rings is 1. The average molecular weight is 1130 g/mol. The normalized spacial score (nSPS) is 12.8. The Bertz CT molecular complexity index is 4160. The van der Waals surface area contributed by atoms with Gasteiger partial charge in [0.2, 0.25) is 0 Å². The molecule has 9 aromatic carbocycles. The maximum absolute atomic E-state index is 9.27. The molecular formula is C65H50N4OPtSi-2. The van der Waals surface area contributed by atoms with E-state index in [9.17, 15) is 2.74 Å². The third-order valence-electron chi connectivity index (χ3n) is 13.7. The molecule has 12 rings (SSSR count). The van der Waals surface area contributed by atoms with Crippen LogP contribution < -0.4 is 24.9 Å². The van der Waals surface area contributed by atoms with E-state index in [1.807, 2.05) is 106 Å². The maximum atomic E-state index is 9.27. The van der Waals surface area contributed by atoms with Crippen molar-refractivity contribution in [1.29, 1.82) is 0 Å². The van der Waals surface area contributed by atoms with Crippen molar-refractivity contribution in [2.24, 2.45) is 0 Å². The summed E-state index contributed by atoms with van der Waals surface area (Å²) in [7, 11) is -2.59. The zero-order chi connectivity index (χ0) is 52.5. The summed E-state index contributed by atoms with van der Waals surface area (Å²) in [6.07, 6.45) is 5.54. The Hall–Kier alpha value is -7.89. The first-order valence-corrected chi connectivity index (χ1v) is 26.3. The summed E-state index contributed by atoms with van der Waals surface area (Å²) in [6.45, 7) is 8.98. The molecular weight excluding hydrogens is 1080 g/mol. The van der Waals surface area contributed by atoms with Crippen LogP contribution in [0.1, 0.15) is 33.2 Å². The minimum Gasteiger partial charge on any atom is -0.510 e. The van der Waals surface area contributed by atoms with Crippen molar-refractivity contribution >= 4 is 56.5 Å². The number of benzene rings is 9. The van der Waals surface area contributed by atoms with Gasteiger partial charge in [-0.3, -0.25) is 4.57 Å². The molecule has 0 amide bonds. The van der Waals surface area contributed by atoms with E-state index in [0.717, 1.165) is 49.8 Å². The monoisotopic (exact) mass is 1130 g/mol. The van der Waals surface area contributed by atoms with Crippen LogP contribution in [0.2, 0.25) is 6.55 Å². The molecule has 0 aliphatic heterocycles. The van der Waals surface area contributed by atoms with Crippen LogP contribution >= 0.6 is 0 Å². The van der Waals surface area contributed by atoms with Crippen LogP contribution in [0.3, 0.4) is 0 Å². The van der Waals surface area contributed by atoms with Crippen molar-refractivity contribution in [1.82, 2.24) is 14.1 Å². The largest absolute Gasteiger partial charge is 0.510 e. The van der Waals surface area contributed by atoms with E-state index in [1.54, 1.807) is 0 Å². The zero-order valence-electron chi connectivity index (χ0n) is 45.1. The van der Waals surface area contributed by atoms with Crippen molar-refractivity contribution in [3.63, 3.8) is 0 Å². The molecule has 0 radical (unpaired) electrons. The Balaban J connectivity index is 0.00000631. The molecule has 0 spiro atoms. The molecule has 0 bridgehead atoms. The Morgan fingerprint density at radius 2 is 1.22 bits per heavy atom. The fraction of sp³-hybridized carbons (Fsp3) is 0.0769. The van der Waals surface area contributed by atoms with Gasteiger partial charge in [-0.05, 0) is 78.1 Å². The van der Waals surface area contributed by atoms with Crippen LogP contribution in [-0.4, -0.2) is 22.2 Å². The number of hydrogen-bond acceptors (Lipinski definition) is 2. The molecule has 0 N–H and O–H groups in total. The predicted molar refractivity (Wildman–Crippen MR) is 293 cm³/mol. The van der Waals surface area contributed by atoms with E-state index in [2.05, 4.69) is 153 Å². The van der Waals surface area contributed by atoms with Gasteiger partial charge in [0, 0.05) is 44.3 Å². The van der Waals surface area contributed by atoms with Crippen molar-refractivity contribution in [2.45, 2.75) is 32.7 Å². The Labute approximate surface area is 443 Å². The molecule has 12 aromatic rings. The Morgan fingerprint density at radius 1 is 0.583 bits per heavy atom. The number of ether oxygens (including phenoxy) is 1. The van der Waals surface area contributed by atoms with Gasteiger partial charge in [-0.1, -0.05) is 209 Å². The Kier molecular flexibility index (Phi) is 10.8. The summed E-state index contributed by atoms with van der Waals surface area (Å²) >= 11 is 0. The number of hydrogen-bond donors (Lipinski definition) is 0. The van der Waals surface area contributed by atoms with E-state index in [1.165, 1.54) is 21.1 Å². The van der Waals surface area contributed by atoms with Gasteiger partial charge in [-0.2, -0.15) is 18.2 Å². The first kappa shape index (κ1) is 40.8. The molecule has 0 saturated heterocycles. The van der Waals surface area contributed by atoms with E-state index in [4.69, 9.17) is 13.8 Å². The van der Waals surface area contributed by atoms with Gasteiger partial charge < -0.3 is 13.9 Å². The van der Waals surface area contributed by atoms with Gasteiger partial charge in [0.1, 0.15) is 13.9 Å². The number of pyridine rings is 1. The minimum atomic E-state index is -2.59. The minimum absolute atomic E-state index is 0. The third-order valence-corrected chi connectivity index (χ3v) is 18.1. The van der Waals surface area contributed by atoms with Crippen molar-refractivity contribution in [3.05, 3.63) is 255 Å². The second-order valence-corrected chi connectivity index (χ2v) is 23.0. The maximum Gasteiger partial charge on any atom is 0.268 e. The summed E-state index contributed by atoms with van der Waals surface area (Å²) in [5.74, 6) is 1.77. The van der Waals surface area contributed by atoms with E-state index in [0.29, 0.717) is 28.4 Å². The third kappa shape index (κ3) is 8.30. The molecule has 7 heteroatoms. The molecule has 0 atom stereocenters. The van der Waals surface area contributed by atoms with E-state index >= 15 is 0 Å². The summed E-state index contributed by atoms with van der Waals surface area (Å²) < 4.78 is 57.3. The summed E-state index contributed by atoms with van der Waals surface area (Å²) in [4.78, 5) is 4.85. The standard InChI is InChI=1S/C65H50N4OSi.Pt/c1-65(2,3)48-39-40-66-63(42-48)69-59-34-15-14-31-57(59)58-38-37-51(44-62(58)69)70-50-25-19-24-49(43-50)67-45-68(61-36-17-16-35-60(61)67)64-55(46-21-8-5-9-22-46)32-20-33-56(64)47-23-18-30-54(41-47)71(4,52-26-10-6-11-27-52)53-28-12-7-13-29-53;/h5-42H,1-4H3;/q-2;/i5D,8D,9D,21D,22D;. The first-order chi connectivity index (χ1) is 36.8. The van der Waals surface area contributed by atoms with Crippen LogP contribution in [0.5, 0.6) is 11.5 Å². The summed E-state index contributed by atoms with van der Waals surface area (Å²) in [5, 5.41) is 5.83.